The molecule has 1 aromatic heterocycles. The van der Waals surface area contributed by atoms with E-state index in [0.29, 0.717) is 31.2 Å². The second-order valence-corrected chi connectivity index (χ2v) is 8.18. The van der Waals surface area contributed by atoms with Crippen molar-refractivity contribution in [2.45, 2.75) is 31.5 Å². The largest absolute Gasteiger partial charge is 0.329 e. The summed E-state index contributed by atoms with van der Waals surface area (Å²) in [6.45, 7) is 3.38. The number of amides is 2. The summed E-state index contributed by atoms with van der Waals surface area (Å²) in [6, 6.07) is 7.00. The summed E-state index contributed by atoms with van der Waals surface area (Å²) in [5.74, 6) is 0.247. The Morgan fingerprint density at radius 2 is 1.89 bits per heavy atom. The van der Waals surface area contributed by atoms with Crippen molar-refractivity contribution in [3.8, 4) is 5.69 Å². The molecular formula is C20H22ClN5O2. The molecule has 5 rings (SSSR count). The zero-order chi connectivity index (χ0) is 19.3. The molecular weight excluding hydrogens is 378 g/mol. The molecule has 3 aliphatic heterocycles. The first-order valence-electron chi connectivity index (χ1n) is 9.73. The average molecular weight is 400 g/mol. The van der Waals surface area contributed by atoms with E-state index in [4.69, 9.17) is 11.6 Å². The van der Waals surface area contributed by atoms with E-state index in [1.54, 1.807) is 9.80 Å². The maximum absolute atomic E-state index is 12.9. The van der Waals surface area contributed by atoms with Crippen molar-refractivity contribution < 1.29 is 9.59 Å². The third-order valence-electron chi connectivity index (χ3n) is 5.97. The van der Waals surface area contributed by atoms with Gasteiger partial charge in [0.05, 0.1) is 11.9 Å². The Kier molecular flexibility index (Phi) is 4.36. The van der Waals surface area contributed by atoms with Gasteiger partial charge in [0.15, 0.2) is 0 Å². The van der Waals surface area contributed by atoms with Crippen LogP contribution in [-0.2, 0) is 16.1 Å². The van der Waals surface area contributed by atoms with E-state index in [-0.39, 0.29) is 23.9 Å². The summed E-state index contributed by atoms with van der Waals surface area (Å²) in [7, 11) is 0. The topological polar surface area (TPSA) is 61.7 Å². The Balaban J connectivity index is 1.29. The second-order valence-electron chi connectivity index (χ2n) is 7.75. The van der Waals surface area contributed by atoms with Crippen LogP contribution in [0.5, 0.6) is 0 Å². The van der Waals surface area contributed by atoms with Crippen LogP contribution in [0.25, 0.3) is 5.69 Å². The first kappa shape index (κ1) is 17.7. The number of halogens is 1. The van der Waals surface area contributed by atoms with Crippen LogP contribution in [-0.4, -0.2) is 74.6 Å². The summed E-state index contributed by atoms with van der Waals surface area (Å²) in [6.07, 6.45) is 5.56. The molecule has 146 valence electrons. The normalized spacial score (nSPS) is 25.2. The summed E-state index contributed by atoms with van der Waals surface area (Å²) in [5, 5.41) is 5.11. The molecule has 2 amide bonds. The molecule has 8 heteroatoms. The Labute approximate surface area is 168 Å². The number of hydrogen-bond donors (Lipinski definition) is 0. The van der Waals surface area contributed by atoms with Crippen LogP contribution in [0.3, 0.4) is 0 Å². The fraction of sp³-hybridized carbons (Fsp3) is 0.450. The van der Waals surface area contributed by atoms with Gasteiger partial charge in [-0.3, -0.25) is 14.5 Å². The van der Waals surface area contributed by atoms with Crippen molar-refractivity contribution in [3.05, 3.63) is 47.2 Å². The van der Waals surface area contributed by atoms with E-state index in [1.807, 2.05) is 41.3 Å². The Bertz CT molecular complexity index is 929. The zero-order valence-corrected chi connectivity index (χ0v) is 16.3. The van der Waals surface area contributed by atoms with Crippen molar-refractivity contribution in [2.24, 2.45) is 0 Å². The molecule has 0 N–H and O–H groups in total. The molecule has 0 aliphatic carbocycles. The molecule has 0 spiro atoms. The Morgan fingerprint density at radius 3 is 2.75 bits per heavy atom. The molecule has 0 radical (unpaired) electrons. The third kappa shape index (κ3) is 2.99. The van der Waals surface area contributed by atoms with Gasteiger partial charge in [-0.1, -0.05) is 17.7 Å². The number of fused-ring (bicyclic) bond motifs is 2. The van der Waals surface area contributed by atoms with Crippen LogP contribution in [0, 0.1) is 0 Å². The van der Waals surface area contributed by atoms with Gasteiger partial charge in [-0.2, -0.15) is 5.10 Å². The SMILES string of the molecule is O=C1[C@@H]2CCCN2C(=O)[C@H]2CN(Cc3cnn(-c4cccc(Cl)c4)c3)CCN12. The molecule has 3 fully saturated rings. The molecule has 3 aliphatic rings. The van der Waals surface area contributed by atoms with Crippen LogP contribution in [0.15, 0.2) is 36.7 Å². The number of nitrogens with zero attached hydrogens (tertiary/aromatic N) is 5. The van der Waals surface area contributed by atoms with Gasteiger partial charge < -0.3 is 9.80 Å². The van der Waals surface area contributed by atoms with Crippen molar-refractivity contribution in [1.82, 2.24) is 24.5 Å². The predicted molar refractivity (Wildman–Crippen MR) is 104 cm³/mol. The Hall–Kier alpha value is -2.38. The van der Waals surface area contributed by atoms with Gasteiger partial charge >= 0.3 is 0 Å². The van der Waals surface area contributed by atoms with E-state index in [1.165, 1.54) is 0 Å². The highest BCUT2D eigenvalue weighted by atomic mass is 35.5. The van der Waals surface area contributed by atoms with Gasteiger partial charge in [-0.25, -0.2) is 4.68 Å². The molecule has 0 bridgehead atoms. The van der Waals surface area contributed by atoms with Crippen molar-refractivity contribution in [3.63, 3.8) is 0 Å². The van der Waals surface area contributed by atoms with E-state index in [2.05, 4.69) is 10.00 Å². The van der Waals surface area contributed by atoms with E-state index < -0.39 is 0 Å². The maximum Gasteiger partial charge on any atom is 0.247 e. The molecule has 0 unspecified atom stereocenters. The first-order valence-corrected chi connectivity index (χ1v) is 10.1. The van der Waals surface area contributed by atoms with Gasteiger partial charge in [0.2, 0.25) is 11.8 Å². The summed E-state index contributed by atoms with van der Waals surface area (Å²) in [5.41, 5.74) is 1.98. The second kappa shape index (κ2) is 6.90. The minimum absolute atomic E-state index is 0.112. The lowest BCUT2D eigenvalue weighted by Gasteiger charge is -2.47. The van der Waals surface area contributed by atoms with E-state index >= 15 is 0 Å². The molecule has 2 aromatic rings. The van der Waals surface area contributed by atoms with Crippen molar-refractivity contribution in [1.29, 1.82) is 0 Å². The number of carbonyl (C=O) groups is 2. The van der Waals surface area contributed by atoms with Gasteiger partial charge in [0.1, 0.15) is 12.1 Å². The van der Waals surface area contributed by atoms with Gasteiger partial charge in [0, 0.05) is 49.5 Å². The quantitative estimate of drug-likeness (QED) is 0.785. The molecule has 3 saturated heterocycles. The van der Waals surface area contributed by atoms with Gasteiger partial charge in [0.25, 0.3) is 0 Å². The first-order chi connectivity index (χ1) is 13.6. The summed E-state index contributed by atoms with van der Waals surface area (Å²) < 4.78 is 1.81. The van der Waals surface area contributed by atoms with Gasteiger partial charge in [-0.05, 0) is 31.0 Å². The monoisotopic (exact) mass is 399 g/mol. The van der Waals surface area contributed by atoms with Crippen molar-refractivity contribution >= 4 is 23.4 Å². The number of piperazine rings is 2. The molecule has 28 heavy (non-hydrogen) atoms. The lowest BCUT2D eigenvalue weighted by molar-refractivity contribution is -0.163. The smallest absolute Gasteiger partial charge is 0.247 e. The molecule has 0 saturated carbocycles. The highest BCUT2D eigenvalue weighted by Crippen LogP contribution is 2.29. The number of carbonyl (C=O) groups excluding carboxylic acids is 2. The van der Waals surface area contributed by atoms with Crippen LogP contribution in [0.2, 0.25) is 5.02 Å². The third-order valence-corrected chi connectivity index (χ3v) is 6.20. The summed E-state index contributed by atoms with van der Waals surface area (Å²) in [4.78, 5) is 31.5. The van der Waals surface area contributed by atoms with Crippen LogP contribution in [0.1, 0.15) is 18.4 Å². The standard InChI is InChI=1S/C20H22ClN5O2/c21-15-3-1-4-16(9-15)26-12-14(10-22-26)11-23-7-8-25-18(13-23)20(28)24-6-2-5-17(24)19(25)27/h1,3-4,9-10,12,17-18H,2,5-8,11,13H2/t17-,18+/m0/s1. The highest BCUT2D eigenvalue weighted by Gasteiger charge is 2.49. The number of aromatic nitrogens is 2. The number of benzene rings is 1. The van der Waals surface area contributed by atoms with Crippen LogP contribution >= 0.6 is 11.6 Å². The average Bonchev–Trinajstić information content (AvgIpc) is 3.36. The molecule has 2 atom stereocenters. The minimum atomic E-state index is -0.349. The predicted octanol–water partition coefficient (Wildman–Crippen LogP) is 1.54. The fourth-order valence-electron chi connectivity index (χ4n) is 4.59. The lowest BCUT2D eigenvalue weighted by Crippen LogP contribution is -2.68. The zero-order valence-electron chi connectivity index (χ0n) is 15.5. The minimum Gasteiger partial charge on any atom is -0.329 e. The molecule has 1 aromatic carbocycles. The number of rotatable bonds is 3. The van der Waals surface area contributed by atoms with Gasteiger partial charge in [-0.15, -0.1) is 0 Å². The highest BCUT2D eigenvalue weighted by molar-refractivity contribution is 6.30. The molecule has 4 heterocycles. The maximum atomic E-state index is 12.9. The summed E-state index contributed by atoms with van der Waals surface area (Å²) >= 11 is 6.07. The Morgan fingerprint density at radius 1 is 1.07 bits per heavy atom. The van der Waals surface area contributed by atoms with Crippen LogP contribution < -0.4 is 0 Å². The van der Waals surface area contributed by atoms with E-state index in [9.17, 15) is 9.59 Å². The fourth-order valence-corrected chi connectivity index (χ4v) is 4.77. The lowest BCUT2D eigenvalue weighted by atomic mass is 10.0. The number of hydrogen-bond acceptors (Lipinski definition) is 4. The van der Waals surface area contributed by atoms with Crippen molar-refractivity contribution in [2.75, 3.05) is 26.2 Å². The van der Waals surface area contributed by atoms with E-state index in [0.717, 1.165) is 30.6 Å². The van der Waals surface area contributed by atoms with Crippen LogP contribution in [0.4, 0.5) is 0 Å². The molecule has 7 nitrogen and oxygen atoms in total.